The number of hydrogen-bond acceptors (Lipinski definition) is 3. The Balaban J connectivity index is 2.41. The van der Waals surface area contributed by atoms with E-state index in [1.54, 1.807) is 18.7 Å². The monoisotopic (exact) mass is 230 g/mol. The molecular weight excluding hydrogens is 216 g/mol. The number of nitrogen functional groups attached to an aromatic ring is 1. The number of amides is 1. The smallest absolute Gasteiger partial charge is 0.287 e. The van der Waals surface area contributed by atoms with Gasteiger partial charge in [-0.25, -0.2) is 4.98 Å². The van der Waals surface area contributed by atoms with E-state index in [0.717, 1.165) is 11.3 Å². The van der Waals surface area contributed by atoms with E-state index in [-0.39, 0.29) is 5.91 Å². The average molecular weight is 230 g/mol. The summed E-state index contributed by atoms with van der Waals surface area (Å²) in [6.07, 6.45) is 1.82. The van der Waals surface area contributed by atoms with E-state index >= 15 is 0 Å². The average Bonchev–Trinajstić information content (AvgIpc) is 2.71. The fourth-order valence-corrected chi connectivity index (χ4v) is 1.58. The standard InChI is InChI=1S/C12H14N4O/c1-14-12(17)11-15-10(7-16(11)2)8-3-5-9(13)6-4-8/h3-7H,13H2,1-2H3,(H,14,17). The molecule has 2 aromatic rings. The number of nitrogens with zero attached hydrogens (tertiary/aromatic N) is 2. The summed E-state index contributed by atoms with van der Waals surface area (Å²) in [4.78, 5) is 15.8. The number of aromatic nitrogens is 2. The Kier molecular flexibility index (Phi) is 2.82. The van der Waals surface area contributed by atoms with Crippen LogP contribution in [-0.2, 0) is 7.05 Å². The van der Waals surface area contributed by atoms with Crippen LogP contribution in [0.4, 0.5) is 5.69 Å². The summed E-state index contributed by atoms with van der Waals surface area (Å²) in [5.41, 5.74) is 8.02. The minimum absolute atomic E-state index is 0.200. The van der Waals surface area contributed by atoms with Crippen molar-refractivity contribution in [1.82, 2.24) is 14.9 Å². The molecule has 1 aromatic carbocycles. The van der Waals surface area contributed by atoms with Gasteiger partial charge in [-0.2, -0.15) is 0 Å². The van der Waals surface area contributed by atoms with Gasteiger partial charge < -0.3 is 15.6 Å². The first kappa shape index (κ1) is 11.2. The highest BCUT2D eigenvalue weighted by Gasteiger charge is 2.12. The van der Waals surface area contributed by atoms with Crippen LogP contribution in [0.2, 0.25) is 0 Å². The van der Waals surface area contributed by atoms with Crippen LogP contribution in [0, 0.1) is 0 Å². The van der Waals surface area contributed by atoms with Crippen LogP contribution < -0.4 is 11.1 Å². The van der Waals surface area contributed by atoms with Crippen molar-refractivity contribution in [2.24, 2.45) is 7.05 Å². The van der Waals surface area contributed by atoms with Gasteiger partial charge in [0.1, 0.15) is 0 Å². The van der Waals surface area contributed by atoms with Gasteiger partial charge in [-0.1, -0.05) is 12.1 Å². The molecule has 0 aliphatic heterocycles. The number of aryl methyl sites for hydroxylation is 1. The Labute approximate surface area is 99.3 Å². The number of anilines is 1. The molecule has 0 fully saturated rings. The molecule has 1 heterocycles. The van der Waals surface area contributed by atoms with E-state index in [2.05, 4.69) is 10.3 Å². The van der Waals surface area contributed by atoms with Crippen molar-refractivity contribution < 1.29 is 4.79 Å². The van der Waals surface area contributed by atoms with Crippen molar-refractivity contribution in [3.8, 4) is 11.3 Å². The SMILES string of the molecule is CNC(=O)c1nc(-c2ccc(N)cc2)cn1C. The highest BCUT2D eigenvalue weighted by molar-refractivity contribution is 5.91. The molecule has 1 amide bonds. The zero-order valence-electron chi connectivity index (χ0n) is 9.77. The summed E-state index contributed by atoms with van der Waals surface area (Å²) < 4.78 is 1.70. The molecule has 5 heteroatoms. The fourth-order valence-electron chi connectivity index (χ4n) is 1.58. The summed E-state index contributed by atoms with van der Waals surface area (Å²) in [6.45, 7) is 0. The molecule has 0 atom stereocenters. The summed E-state index contributed by atoms with van der Waals surface area (Å²) in [7, 11) is 3.37. The molecular formula is C12H14N4O. The Hall–Kier alpha value is -2.30. The van der Waals surface area contributed by atoms with E-state index in [4.69, 9.17) is 5.73 Å². The third-order valence-corrected chi connectivity index (χ3v) is 2.51. The molecule has 5 nitrogen and oxygen atoms in total. The van der Waals surface area contributed by atoms with Gasteiger partial charge in [0, 0.05) is 31.5 Å². The van der Waals surface area contributed by atoms with Gasteiger partial charge in [-0.15, -0.1) is 0 Å². The number of hydrogen-bond donors (Lipinski definition) is 2. The maximum atomic E-state index is 11.5. The number of rotatable bonds is 2. The maximum absolute atomic E-state index is 11.5. The van der Waals surface area contributed by atoms with Crippen molar-refractivity contribution in [3.63, 3.8) is 0 Å². The quantitative estimate of drug-likeness (QED) is 0.757. The molecule has 0 radical (unpaired) electrons. The van der Waals surface area contributed by atoms with Crippen molar-refractivity contribution in [2.45, 2.75) is 0 Å². The lowest BCUT2D eigenvalue weighted by Gasteiger charge is -1.97. The Morgan fingerprint density at radius 3 is 2.59 bits per heavy atom. The van der Waals surface area contributed by atoms with Gasteiger partial charge in [-0.05, 0) is 12.1 Å². The topological polar surface area (TPSA) is 72.9 Å². The highest BCUT2D eigenvalue weighted by atomic mass is 16.2. The number of carbonyl (C=O) groups excluding carboxylic acids is 1. The minimum atomic E-state index is -0.200. The second kappa shape index (κ2) is 4.29. The van der Waals surface area contributed by atoms with Crippen molar-refractivity contribution in [2.75, 3.05) is 12.8 Å². The van der Waals surface area contributed by atoms with Crippen LogP contribution in [0.5, 0.6) is 0 Å². The molecule has 0 aliphatic carbocycles. The predicted molar refractivity (Wildman–Crippen MR) is 66.4 cm³/mol. The molecule has 0 bridgehead atoms. The van der Waals surface area contributed by atoms with E-state index in [0.29, 0.717) is 11.5 Å². The number of imidazole rings is 1. The molecule has 0 aliphatic rings. The molecule has 0 saturated heterocycles. The van der Waals surface area contributed by atoms with Crippen LogP contribution >= 0.6 is 0 Å². The first-order chi connectivity index (χ1) is 8.11. The van der Waals surface area contributed by atoms with E-state index in [1.165, 1.54) is 0 Å². The molecule has 0 spiro atoms. The lowest BCUT2D eigenvalue weighted by atomic mass is 10.1. The van der Waals surface area contributed by atoms with Gasteiger partial charge in [-0.3, -0.25) is 4.79 Å². The number of nitrogens with one attached hydrogen (secondary N) is 1. The van der Waals surface area contributed by atoms with Gasteiger partial charge in [0.05, 0.1) is 5.69 Å². The number of carbonyl (C=O) groups is 1. The third-order valence-electron chi connectivity index (χ3n) is 2.51. The zero-order valence-corrected chi connectivity index (χ0v) is 9.77. The maximum Gasteiger partial charge on any atom is 0.287 e. The van der Waals surface area contributed by atoms with E-state index in [1.807, 2.05) is 30.5 Å². The van der Waals surface area contributed by atoms with Crippen LogP contribution in [0.15, 0.2) is 30.5 Å². The lowest BCUT2D eigenvalue weighted by Crippen LogP contribution is -2.21. The van der Waals surface area contributed by atoms with Crippen LogP contribution in [0.3, 0.4) is 0 Å². The molecule has 3 N–H and O–H groups in total. The normalized spacial score (nSPS) is 10.2. The summed E-state index contributed by atoms with van der Waals surface area (Å²) in [5, 5.41) is 2.55. The lowest BCUT2D eigenvalue weighted by molar-refractivity contribution is 0.0950. The van der Waals surface area contributed by atoms with Crippen LogP contribution in [0.1, 0.15) is 10.6 Å². The summed E-state index contributed by atoms with van der Waals surface area (Å²) in [6, 6.07) is 7.38. The van der Waals surface area contributed by atoms with E-state index in [9.17, 15) is 4.79 Å². The molecule has 0 saturated carbocycles. The van der Waals surface area contributed by atoms with Crippen molar-refractivity contribution in [1.29, 1.82) is 0 Å². The van der Waals surface area contributed by atoms with Gasteiger partial charge >= 0.3 is 0 Å². The number of benzene rings is 1. The second-order valence-corrected chi connectivity index (χ2v) is 3.76. The Morgan fingerprint density at radius 2 is 2.00 bits per heavy atom. The van der Waals surface area contributed by atoms with E-state index < -0.39 is 0 Å². The molecule has 0 unspecified atom stereocenters. The first-order valence-corrected chi connectivity index (χ1v) is 5.23. The number of nitrogens with two attached hydrogens (primary N) is 1. The molecule has 1 aromatic heterocycles. The Morgan fingerprint density at radius 1 is 1.35 bits per heavy atom. The summed E-state index contributed by atoms with van der Waals surface area (Å²) >= 11 is 0. The first-order valence-electron chi connectivity index (χ1n) is 5.23. The van der Waals surface area contributed by atoms with Gasteiger partial charge in [0.2, 0.25) is 0 Å². The largest absolute Gasteiger partial charge is 0.399 e. The van der Waals surface area contributed by atoms with Crippen LogP contribution in [0.25, 0.3) is 11.3 Å². The zero-order chi connectivity index (χ0) is 12.4. The van der Waals surface area contributed by atoms with Crippen LogP contribution in [-0.4, -0.2) is 22.5 Å². The molecule has 88 valence electrons. The fraction of sp³-hybridized carbons (Fsp3) is 0.167. The second-order valence-electron chi connectivity index (χ2n) is 3.76. The minimum Gasteiger partial charge on any atom is -0.399 e. The molecule has 2 rings (SSSR count). The molecule has 17 heavy (non-hydrogen) atoms. The summed E-state index contributed by atoms with van der Waals surface area (Å²) in [5.74, 6) is 0.188. The van der Waals surface area contributed by atoms with Crippen molar-refractivity contribution >= 4 is 11.6 Å². The van der Waals surface area contributed by atoms with Gasteiger partial charge in [0.15, 0.2) is 5.82 Å². The predicted octanol–water partition coefficient (Wildman–Crippen LogP) is 1.03. The van der Waals surface area contributed by atoms with Crippen molar-refractivity contribution in [3.05, 3.63) is 36.3 Å². The van der Waals surface area contributed by atoms with Gasteiger partial charge in [0.25, 0.3) is 5.91 Å². The highest BCUT2D eigenvalue weighted by Crippen LogP contribution is 2.19. The third kappa shape index (κ3) is 2.13. The Bertz CT molecular complexity index is 542.